The van der Waals surface area contributed by atoms with Crippen LogP contribution in [0.2, 0.25) is 0 Å². The summed E-state index contributed by atoms with van der Waals surface area (Å²) < 4.78 is 0. The second kappa shape index (κ2) is 8.54. The first-order valence-corrected chi connectivity index (χ1v) is 10.9. The smallest absolute Gasteiger partial charge is 0.228 e. The number of amides is 2. The lowest BCUT2D eigenvalue weighted by Crippen LogP contribution is -2.54. The molecule has 0 bridgehead atoms. The van der Waals surface area contributed by atoms with Gasteiger partial charge in [-0.2, -0.15) is 0 Å². The normalized spacial score (nSPS) is 25.6. The molecule has 0 radical (unpaired) electrons. The molecule has 2 heterocycles. The fraction of sp³-hybridized carbons (Fsp3) is 0.500. The van der Waals surface area contributed by atoms with E-state index in [2.05, 4.69) is 34.3 Å². The van der Waals surface area contributed by atoms with Gasteiger partial charge in [-0.25, -0.2) is 9.97 Å². The summed E-state index contributed by atoms with van der Waals surface area (Å²) in [7, 11) is 0. The average Bonchev–Trinajstić information content (AvgIpc) is 3.51. The predicted molar refractivity (Wildman–Crippen MR) is 115 cm³/mol. The van der Waals surface area contributed by atoms with E-state index < -0.39 is 5.41 Å². The van der Waals surface area contributed by atoms with Crippen LogP contribution in [0.25, 0.3) is 11.1 Å². The van der Waals surface area contributed by atoms with Gasteiger partial charge in [-0.05, 0) is 49.7 Å². The summed E-state index contributed by atoms with van der Waals surface area (Å²) in [4.78, 5) is 36.5. The molecule has 0 spiro atoms. The van der Waals surface area contributed by atoms with Crippen LogP contribution >= 0.6 is 0 Å². The van der Waals surface area contributed by atoms with Crippen LogP contribution in [0.3, 0.4) is 0 Å². The first-order valence-electron chi connectivity index (χ1n) is 10.9. The van der Waals surface area contributed by atoms with E-state index in [-0.39, 0.29) is 17.7 Å². The number of hydrogen-bond acceptors (Lipinski definition) is 4. The van der Waals surface area contributed by atoms with Gasteiger partial charge in [0.25, 0.3) is 0 Å². The Morgan fingerprint density at radius 2 is 1.97 bits per heavy atom. The van der Waals surface area contributed by atoms with Crippen LogP contribution in [0, 0.1) is 17.3 Å². The van der Waals surface area contributed by atoms with Gasteiger partial charge < -0.3 is 10.2 Å². The van der Waals surface area contributed by atoms with E-state index in [1.807, 2.05) is 24.0 Å². The lowest BCUT2D eigenvalue weighted by Gasteiger charge is -2.42. The summed E-state index contributed by atoms with van der Waals surface area (Å²) in [6.07, 6.45) is 8.31. The van der Waals surface area contributed by atoms with Crippen LogP contribution in [0.4, 0.5) is 0 Å². The van der Waals surface area contributed by atoms with Crippen LogP contribution in [0.15, 0.2) is 43.0 Å². The van der Waals surface area contributed by atoms with Gasteiger partial charge in [0.1, 0.15) is 6.33 Å². The zero-order valence-electron chi connectivity index (χ0n) is 17.8. The van der Waals surface area contributed by atoms with E-state index >= 15 is 0 Å². The first kappa shape index (κ1) is 20.5. The average molecular weight is 407 g/mol. The van der Waals surface area contributed by atoms with Crippen molar-refractivity contribution >= 4 is 11.8 Å². The molecule has 1 aromatic heterocycles. The fourth-order valence-electron chi connectivity index (χ4n) is 4.74. The van der Waals surface area contributed by atoms with Gasteiger partial charge in [-0.3, -0.25) is 9.59 Å². The highest BCUT2D eigenvalue weighted by Gasteiger charge is 2.47. The van der Waals surface area contributed by atoms with Gasteiger partial charge in [-0.1, -0.05) is 31.2 Å². The number of aromatic nitrogens is 2. The van der Waals surface area contributed by atoms with Gasteiger partial charge >= 0.3 is 0 Å². The zero-order valence-corrected chi connectivity index (χ0v) is 17.8. The second-order valence-corrected chi connectivity index (χ2v) is 8.78. The second-order valence-electron chi connectivity index (χ2n) is 8.78. The Bertz CT molecular complexity index is 916. The molecule has 4 rings (SSSR count). The van der Waals surface area contributed by atoms with Crippen molar-refractivity contribution in [3.8, 4) is 11.1 Å². The highest BCUT2D eigenvalue weighted by molar-refractivity contribution is 5.86. The van der Waals surface area contributed by atoms with Crippen LogP contribution in [0.1, 0.15) is 38.7 Å². The zero-order chi connectivity index (χ0) is 21.1. The third kappa shape index (κ3) is 4.09. The molecular weight excluding hydrogens is 376 g/mol. The molecular formula is C24H30N4O2. The Hall–Kier alpha value is -2.76. The Morgan fingerprint density at radius 1 is 1.23 bits per heavy atom. The summed E-state index contributed by atoms with van der Waals surface area (Å²) in [5.41, 5.74) is 2.46. The molecule has 1 aliphatic heterocycles. The van der Waals surface area contributed by atoms with Crippen molar-refractivity contribution in [1.29, 1.82) is 0 Å². The Labute approximate surface area is 178 Å². The lowest BCUT2D eigenvalue weighted by atomic mass is 9.73. The maximum absolute atomic E-state index is 13.3. The number of benzene rings is 1. The van der Waals surface area contributed by atoms with Crippen molar-refractivity contribution in [1.82, 2.24) is 20.2 Å². The van der Waals surface area contributed by atoms with E-state index in [0.29, 0.717) is 25.4 Å². The van der Waals surface area contributed by atoms with Crippen molar-refractivity contribution in [2.24, 2.45) is 17.3 Å². The van der Waals surface area contributed by atoms with Crippen molar-refractivity contribution < 1.29 is 9.59 Å². The molecule has 30 heavy (non-hydrogen) atoms. The number of likely N-dealkylation sites (tertiary alicyclic amines) is 1. The van der Waals surface area contributed by atoms with Gasteiger partial charge in [0.2, 0.25) is 11.8 Å². The third-order valence-corrected chi connectivity index (χ3v) is 6.55. The quantitative estimate of drug-likeness (QED) is 0.800. The molecule has 158 valence electrons. The number of carbonyl (C=O) groups excluding carboxylic acids is 2. The molecule has 2 amide bonds. The Balaban J connectivity index is 1.65. The maximum atomic E-state index is 13.3. The number of rotatable bonds is 6. The molecule has 2 aromatic rings. The van der Waals surface area contributed by atoms with E-state index in [1.54, 1.807) is 12.4 Å². The van der Waals surface area contributed by atoms with E-state index in [9.17, 15) is 9.59 Å². The summed E-state index contributed by atoms with van der Waals surface area (Å²) >= 11 is 0. The third-order valence-electron chi connectivity index (χ3n) is 6.55. The van der Waals surface area contributed by atoms with Gasteiger partial charge in [0.05, 0.1) is 5.41 Å². The summed E-state index contributed by atoms with van der Waals surface area (Å²) in [6, 6.07) is 8.13. The number of nitrogens with zero attached hydrogens (tertiary/aromatic N) is 3. The highest BCUT2D eigenvalue weighted by atomic mass is 16.2. The molecule has 1 N–H and O–H groups in total. The van der Waals surface area contributed by atoms with Crippen molar-refractivity contribution in [2.45, 2.75) is 39.5 Å². The molecule has 2 aliphatic rings. The molecule has 1 aliphatic carbocycles. The topological polar surface area (TPSA) is 75.2 Å². The van der Waals surface area contributed by atoms with Gasteiger partial charge in [0.15, 0.2) is 0 Å². The SMILES string of the molecule is CCNC(=O)C1(Cc2ccccc2-c2cncnc2)CCCN(C(=O)C2CC2C)C1. The largest absolute Gasteiger partial charge is 0.356 e. The standard InChI is InChI=1S/C24H30N4O2/c1-3-27-23(30)24(9-6-10-28(15-24)22(29)21-11-17(21)2)12-18-7-4-5-8-20(18)19-13-25-16-26-14-19/h4-5,7-8,13-14,16-17,21H,3,6,9-12,15H2,1-2H3,(H,27,30). The van der Waals surface area contributed by atoms with Crippen LogP contribution in [-0.2, 0) is 16.0 Å². The Kier molecular flexibility index (Phi) is 5.84. The Morgan fingerprint density at radius 3 is 2.67 bits per heavy atom. The van der Waals surface area contributed by atoms with Gasteiger partial charge in [-0.15, -0.1) is 0 Å². The van der Waals surface area contributed by atoms with E-state index in [1.165, 1.54) is 6.33 Å². The predicted octanol–water partition coefficient (Wildman–Crippen LogP) is 3.09. The minimum absolute atomic E-state index is 0.0467. The molecule has 1 aromatic carbocycles. The molecule has 3 unspecified atom stereocenters. The fourth-order valence-corrected chi connectivity index (χ4v) is 4.74. The van der Waals surface area contributed by atoms with Crippen LogP contribution in [-0.4, -0.2) is 46.3 Å². The van der Waals surface area contributed by atoms with Crippen molar-refractivity contribution in [3.05, 3.63) is 48.5 Å². The molecule has 2 fully saturated rings. The number of nitrogens with one attached hydrogen (secondary N) is 1. The van der Waals surface area contributed by atoms with E-state index in [4.69, 9.17) is 0 Å². The lowest BCUT2D eigenvalue weighted by molar-refractivity contribution is -0.142. The highest BCUT2D eigenvalue weighted by Crippen LogP contribution is 2.42. The van der Waals surface area contributed by atoms with Crippen molar-refractivity contribution in [2.75, 3.05) is 19.6 Å². The van der Waals surface area contributed by atoms with Crippen LogP contribution < -0.4 is 5.32 Å². The van der Waals surface area contributed by atoms with Crippen molar-refractivity contribution in [3.63, 3.8) is 0 Å². The number of hydrogen-bond donors (Lipinski definition) is 1. The molecule has 6 heteroatoms. The number of piperidine rings is 1. The minimum Gasteiger partial charge on any atom is -0.356 e. The minimum atomic E-state index is -0.617. The van der Waals surface area contributed by atoms with Gasteiger partial charge in [0, 0.05) is 43.5 Å². The molecule has 1 saturated heterocycles. The molecule has 6 nitrogen and oxygen atoms in total. The maximum Gasteiger partial charge on any atom is 0.228 e. The summed E-state index contributed by atoms with van der Waals surface area (Å²) in [6.45, 7) is 5.89. The first-order chi connectivity index (χ1) is 14.5. The monoisotopic (exact) mass is 406 g/mol. The molecule has 3 atom stereocenters. The van der Waals surface area contributed by atoms with E-state index in [0.717, 1.165) is 42.5 Å². The summed E-state index contributed by atoms with van der Waals surface area (Å²) in [5.74, 6) is 0.881. The molecule has 1 saturated carbocycles. The van der Waals surface area contributed by atoms with Crippen LogP contribution in [0.5, 0.6) is 0 Å². The number of carbonyl (C=O) groups is 2. The summed E-state index contributed by atoms with van der Waals surface area (Å²) in [5, 5.41) is 3.05.